The fraction of sp³-hybridized carbons (Fsp3) is 0.529. The molecular formula is C17H23N3O2. The van der Waals surface area contributed by atoms with Crippen molar-refractivity contribution in [3.8, 4) is 6.07 Å². The predicted molar refractivity (Wildman–Crippen MR) is 85.8 cm³/mol. The smallest absolute Gasteiger partial charge is 0.407 e. The van der Waals surface area contributed by atoms with E-state index < -0.39 is 5.60 Å². The van der Waals surface area contributed by atoms with Crippen LogP contribution in [0.4, 0.5) is 10.5 Å². The van der Waals surface area contributed by atoms with Gasteiger partial charge in [-0.1, -0.05) is 6.07 Å². The number of hydrogen-bond donors (Lipinski definition) is 1. The molecule has 0 bridgehead atoms. The molecule has 1 fully saturated rings. The molecular weight excluding hydrogens is 278 g/mol. The number of ether oxygens (including phenoxy) is 1. The molecule has 118 valence electrons. The van der Waals surface area contributed by atoms with E-state index in [1.807, 2.05) is 39.0 Å². The molecule has 1 N–H and O–H groups in total. The second-order valence-corrected chi connectivity index (χ2v) is 6.59. The van der Waals surface area contributed by atoms with Crippen LogP contribution in [0.15, 0.2) is 24.3 Å². The van der Waals surface area contributed by atoms with Gasteiger partial charge < -0.3 is 15.0 Å². The average molecular weight is 301 g/mol. The molecule has 0 spiro atoms. The quantitative estimate of drug-likeness (QED) is 0.911. The minimum Gasteiger partial charge on any atom is -0.444 e. The number of nitrogens with one attached hydrogen (secondary N) is 1. The number of amides is 1. The molecule has 1 heterocycles. The van der Waals surface area contributed by atoms with Crippen LogP contribution in [0, 0.1) is 11.3 Å². The van der Waals surface area contributed by atoms with Gasteiger partial charge in [-0.25, -0.2) is 4.79 Å². The molecule has 0 unspecified atom stereocenters. The first-order chi connectivity index (χ1) is 10.4. The topological polar surface area (TPSA) is 65.4 Å². The van der Waals surface area contributed by atoms with Gasteiger partial charge in [0.05, 0.1) is 11.6 Å². The van der Waals surface area contributed by atoms with Crippen LogP contribution in [0.25, 0.3) is 0 Å². The lowest BCUT2D eigenvalue weighted by Gasteiger charge is -2.35. The van der Waals surface area contributed by atoms with Crippen molar-refractivity contribution < 1.29 is 9.53 Å². The largest absolute Gasteiger partial charge is 0.444 e. The van der Waals surface area contributed by atoms with Crippen LogP contribution in [-0.4, -0.2) is 30.8 Å². The van der Waals surface area contributed by atoms with Crippen molar-refractivity contribution >= 4 is 11.8 Å². The maximum Gasteiger partial charge on any atom is 0.407 e. The zero-order chi connectivity index (χ0) is 16.2. The normalized spacial score (nSPS) is 18.5. The number of rotatable bonds is 2. The second-order valence-electron chi connectivity index (χ2n) is 6.59. The Bertz CT molecular complexity index is 572. The molecule has 0 aliphatic carbocycles. The van der Waals surface area contributed by atoms with Crippen LogP contribution < -0.4 is 10.2 Å². The fourth-order valence-electron chi connectivity index (χ4n) is 2.58. The summed E-state index contributed by atoms with van der Waals surface area (Å²) in [5.74, 6) is 0. The average Bonchev–Trinajstić information content (AvgIpc) is 2.45. The number of carbonyl (C=O) groups excluding carboxylic acids is 1. The number of nitriles is 1. The van der Waals surface area contributed by atoms with Gasteiger partial charge in [0.1, 0.15) is 5.60 Å². The molecule has 0 aromatic heterocycles. The minimum absolute atomic E-state index is 0.0642. The highest BCUT2D eigenvalue weighted by Crippen LogP contribution is 2.21. The Hall–Kier alpha value is -2.22. The van der Waals surface area contributed by atoms with E-state index in [9.17, 15) is 4.79 Å². The van der Waals surface area contributed by atoms with E-state index in [1.165, 1.54) is 0 Å². The van der Waals surface area contributed by atoms with Gasteiger partial charge in [0.25, 0.3) is 0 Å². The SMILES string of the molecule is CC(C)(C)OC(=O)N[C@@H]1CCCN(c2cccc(C#N)c2)C1. The summed E-state index contributed by atoms with van der Waals surface area (Å²) in [7, 11) is 0. The molecule has 1 aromatic rings. The molecule has 22 heavy (non-hydrogen) atoms. The van der Waals surface area contributed by atoms with E-state index in [-0.39, 0.29) is 12.1 Å². The molecule has 0 radical (unpaired) electrons. The Labute approximate surface area is 131 Å². The van der Waals surface area contributed by atoms with Gasteiger partial charge in [0.2, 0.25) is 0 Å². The third kappa shape index (κ3) is 4.66. The maximum absolute atomic E-state index is 11.9. The summed E-state index contributed by atoms with van der Waals surface area (Å²) in [5.41, 5.74) is 1.19. The van der Waals surface area contributed by atoms with Gasteiger partial charge >= 0.3 is 6.09 Å². The third-order valence-corrected chi connectivity index (χ3v) is 3.48. The number of carbonyl (C=O) groups is 1. The summed E-state index contributed by atoms with van der Waals surface area (Å²) in [4.78, 5) is 14.1. The molecule has 1 saturated heterocycles. The van der Waals surface area contributed by atoms with E-state index >= 15 is 0 Å². The van der Waals surface area contributed by atoms with Gasteiger partial charge in [-0.2, -0.15) is 5.26 Å². The van der Waals surface area contributed by atoms with E-state index in [2.05, 4.69) is 16.3 Å². The number of anilines is 1. The zero-order valence-electron chi connectivity index (χ0n) is 13.4. The monoisotopic (exact) mass is 301 g/mol. The highest BCUT2D eigenvalue weighted by Gasteiger charge is 2.24. The van der Waals surface area contributed by atoms with Crippen molar-refractivity contribution in [2.45, 2.75) is 45.3 Å². The second kappa shape index (κ2) is 6.69. The summed E-state index contributed by atoms with van der Waals surface area (Å²) >= 11 is 0. The van der Waals surface area contributed by atoms with Crippen molar-refractivity contribution in [3.63, 3.8) is 0 Å². The summed E-state index contributed by atoms with van der Waals surface area (Å²) in [6.07, 6.45) is 1.57. The Morgan fingerprint density at radius 3 is 2.91 bits per heavy atom. The van der Waals surface area contributed by atoms with E-state index in [1.54, 1.807) is 6.07 Å². The van der Waals surface area contributed by atoms with Crippen LogP contribution in [0.5, 0.6) is 0 Å². The molecule has 1 aliphatic rings. The standard InChI is InChI=1S/C17H23N3O2/c1-17(2,3)22-16(21)19-14-7-5-9-20(12-14)15-8-4-6-13(10-15)11-18/h4,6,8,10,14H,5,7,9,12H2,1-3H3,(H,19,21)/t14-/m1/s1. The van der Waals surface area contributed by atoms with Crippen LogP contribution in [-0.2, 0) is 4.74 Å². The van der Waals surface area contributed by atoms with Crippen LogP contribution in [0.1, 0.15) is 39.2 Å². The van der Waals surface area contributed by atoms with Crippen LogP contribution in [0.2, 0.25) is 0 Å². The molecule has 1 aromatic carbocycles. The summed E-state index contributed by atoms with van der Waals surface area (Å²) in [5, 5.41) is 11.9. The number of piperidine rings is 1. The van der Waals surface area contributed by atoms with Crippen molar-refractivity contribution in [2.24, 2.45) is 0 Å². The first kappa shape index (κ1) is 16.2. The lowest BCUT2D eigenvalue weighted by atomic mass is 10.0. The summed E-state index contributed by atoms with van der Waals surface area (Å²) in [6.45, 7) is 7.23. The highest BCUT2D eigenvalue weighted by molar-refractivity contribution is 5.68. The molecule has 5 heteroatoms. The van der Waals surface area contributed by atoms with Crippen molar-refractivity contribution in [2.75, 3.05) is 18.0 Å². The summed E-state index contributed by atoms with van der Waals surface area (Å²) in [6, 6.07) is 9.79. The van der Waals surface area contributed by atoms with Crippen LogP contribution in [0.3, 0.4) is 0 Å². The number of alkyl carbamates (subject to hydrolysis) is 1. The molecule has 5 nitrogen and oxygen atoms in total. The van der Waals surface area contributed by atoms with Gasteiger partial charge in [-0.05, 0) is 51.8 Å². The van der Waals surface area contributed by atoms with Gasteiger partial charge in [0.15, 0.2) is 0 Å². The fourth-order valence-corrected chi connectivity index (χ4v) is 2.58. The Morgan fingerprint density at radius 2 is 2.23 bits per heavy atom. The molecule has 1 atom stereocenters. The Kier molecular flexibility index (Phi) is 4.92. The maximum atomic E-state index is 11.9. The molecule has 1 aliphatic heterocycles. The Balaban J connectivity index is 1.97. The number of hydrogen-bond acceptors (Lipinski definition) is 4. The van der Waals surface area contributed by atoms with Gasteiger partial charge in [-0.3, -0.25) is 0 Å². The first-order valence-corrected chi connectivity index (χ1v) is 7.62. The molecule has 1 amide bonds. The Morgan fingerprint density at radius 1 is 1.45 bits per heavy atom. The van der Waals surface area contributed by atoms with E-state index in [4.69, 9.17) is 10.00 Å². The lowest BCUT2D eigenvalue weighted by Crippen LogP contribution is -2.49. The lowest BCUT2D eigenvalue weighted by molar-refractivity contribution is 0.0500. The van der Waals surface area contributed by atoms with E-state index in [0.717, 1.165) is 31.6 Å². The van der Waals surface area contributed by atoms with Gasteiger partial charge in [0, 0.05) is 24.8 Å². The van der Waals surface area contributed by atoms with Gasteiger partial charge in [-0.15, -0.1) is 0 Å². The number of nitrogens with zero attached hydrogens (tertiary/aromatic N) is 2. The van der Waals surface area contributed by atoms with Crippen molar-refractivity contribution in [1.29, 1.82) is 5.26 Å². The third-order valence-electron chi connectivity index (χ3n) is 3.48. The number of benzene rings is 1. The molecule has 0 saturated carbocycles. The zero-order valence-corrected chi connectivity index (χ0v) is 13.4. The predicted octanol–water partition coefficient (Wildman–Crippen LogP) is 3.05. The minimum atomic E-state index is -0.487. The highest BCUT2D eigenvalue weighted by atomic mass is 16.6. The van der Waals surface area contributed by atoms with Crippen molar-refractivity contribution in [1.82, 2.24) is 5.32 Å². The first-order valence-electron chi connectivity index (χ1n) is 7.62. The molecule has 2 rings (SSSR count). The van der Waals surface area contributed by atoms with Crippen LogP contribution >= 0.6 is 0 Å². The summed E-state index contributed by atoms with van der Waals surface area (Å²) < 4.78 is 5.31. The van der Waals surface area contributed by atoms with Crippen molar-refractivity contribution in [3.05, 3.63) is 29.8 Å². The van der Waals surface area contributed by atoms with E-state index in [0.29, 0.717) is 5.56 Å².